The molecule has 4 heteroatoms. The summed E-state index contributed by atoms with van der Waals surface area (Å²) in [4.78, 5) is 14.5. The summed E-state index contributed by atoms with van der Waals surface area (Å²) in [6, 6.07) is 2.58. The minimum absolute atomic E-state index is 0.0909. The number of amides is 1. The summed E-state index contributed by atoms with van der Waals surface area (Å²) < 4.78 is 5.56. The van der Waals surface area contributed by atoms with Crippen LogP contribution in [0.4, 0.5) is 0 Å². The maximum atomic E-state index is 12.1. The molecule has 0 aliphatic carbocycles. The van der Waals surface area contributed by atoms with Gasteiger partial charge in [-0.25, -0.2) is 0 Å². The predicted molar refractivity (Wildman–Crippen MR) is 80.0 cm³/mol. The second-order valence-corrected chi connectivity index (χ2v) is 5.72. The molecule has 0 radical (unpaired) electrons. The minimum atomic E-state index is -0.0909. The molecule has 0 aromatic carbocycles. The van der Waals surface area contributed by atoms with Gasteiger partial charge in [0, 0.05) is 31.1 Å². The molecule has 2 rings (SSSR count). The molecule has 0 bridgehead atoms. The standard InChI is InChI=1S/C16H26N2O2/c1-4-14-11-12(2)15(20-14)16(19)17-8-10-18-9-6-5-7-13(18)3/h11,13H,4-10H2,1-3H3,(H,17,19). The van der Waals surface area contributed by atoms with Crippen LogP contribution in [0.2, 0.25) is 0 Å². The third-order valence-corrected chi connectivity index (χ3v) is 4.15. The summed E-state index contributed by atoms with van der Waals surface area (Å²) in [7, 11) is 0. The van der Waals surface area contributed by atoms with E-state index < -0.39 is 0 Å². The molecule has 0 saturated carbocycles. The van der Waals surface area contributed by atoms with Crippen LogP contribution in [0, 0.1) is 6.92 Å². The molecule has 112 valence electrons. The number of hydrogen-bond acceptors (Lipinski definition) is 3. The van der Waals surface area contributed by atoms with Crippen LogP contribution in [0.3, 0.4) is 0 Å². The largest absolute Gasteiger partial charge is 0.456 e. The van der Waals surface area contributed by atoms with Crippen molar-refractivity contribution in [2.45, 2.75) is 52.5 Å². The zero-order valence-corrected chi connectivity index (χ0v) is 12.9. The van der Waals surface area contributed by atoms with E-state index in [9.17, 15) is 4.79 Å². The van der Waals surface area contributed by atoms with E-state index in [1.54, 1.807) is 0 Å². The third kappa shape index (κ3) is 3.63. The first kappa shape index (κ1) is 15.1. The van der Waals surface area contributed by atoms with Gasteiger partial charge in [-0.3, -0.25) is 9.69 Å². The fraction of sp³-hybridized carbons (Fsp3) is 0.688. The number of furan rings is 1. The Balaban J connectivity index is 1.81. The van der Waals surface area contributed by atoms with Gasteiger partial charge in [-0.15, -0.1) is 0 Å². The highest BCUT2D eigenvalue weighted by Gasteiger charge is 2.19. The van der Waals surface area contributed by atoms with Gasteiger partial charge in [0.15, 0.2) is 5.76 Å². The second kappa shape index (κ2) is 6.93. The van der Waals surface area contributed by atoms with E-state index in [1.807, 2.05) is 19.9 Å². The Morgan fingerprint density at radius 1 is 1.50 bits per heavy atom. The maximum Gasteiger partial charge on any atom is 0.287 e. The molecule has 20 heavy (non-hydrogen) atoms. The van der Waals surface area contributed by atoms with Crippen molar-refractivity contribution in [1.29, 1.82) is 0 Å². The molecule has 1 saturated heterocycles. The van der Waals surface area contributed by atoms with E-state index in [4.69, 9.17) is 4.42 Å². The average molecular weight is 278 g/mol. The van der Waals surface area contributed by atoms with Crippen molar-refractivity contribution in [2.75, 3.05) is 19.6 Å². The van der Waals surface area contributed by atoms with Crippen molar-refractivity contribution >= 4 is 5.91 Å². The van der Waals surface area contributed by atoms with Gasteiger partial charge in [0.2, 0.25) is 0 Å². The van der Waals surface area contributed by atoms with E-state index in [0.717, 1.165) is 30.8 Å². The minimum Gasteiger partial charge on any atom is -0.456 e. The fourth-order valence-corrected chi connectivity index (χ4v) is 2.83. The number of likely N-dealkylation sites (tertiary alicyclic amines) is 1. The van der Waals surface area contributed by atoms with Gasteiger partial charge >= 0.3 is 0 Å². The summed E-state index contributed by atoms with van der Waals surface area (Å²) in [6.07, 6.45) is 4.69. The molecular formula is C16H26N2O2. The van der Waals surface area contributed by atoms with Crippen molar-refractivity contribution in [2.24, 2.45) is 0 Å². The molecule has 1 aromatic heterocycles. The van der Waals surface area contributed by atoms with Crippen LogP contribution in [0.25, 0.3) is 0 Å². The Hall–Kier alpha value is -1.29. The van der Waals surface area contributed by atoms with Crippen molar-refractivity contribution in [3.05, 3.63) is 23.2 Å². The Bertz CT molecular complexity index is 453. The number of carbonyl (C=O) groups excluding carboxylic acids is 1. The van der Waals surface area contributed by atoms with Gasteiger partial charge in [-0.1, -0.05) is 13.3 Å². The molecule has 1 aromatic rings. The van der Waals surface area contributed by atoms with E-state index in [0.29, 0.717) is 18.3 Å². The Morgan fingerprint density at radius 3 is 2.95 bits per heavy atom. The number of piperidine rings is 1. The summed E-state index contributed by atoms with van der Waals surface area (Å²) >= 11 is 0. The first-order valence-electron chi connectivity index (χ1n) is 7.73. The average Bonchev–Trinajstić information content (AvgIpc) is 2.82. The molecule has 1 atom stereocenters. The quantitative estimate of drug-likeness (QED) is 0.901. The number of carbonyl (C=O) groups is 1. The van der Waals surface area contributed by atoms with Crippen LogP contribution in [-0.4, -0.2) is 36.5 Å². The van der Waals surface area contributed by atoms with Gasteiger partial charge in [0.1, 0.15) is 5.76 Å². The molecule has 1 N–H and O–H groups in total. The number of nitrogens with one attached hydrogen (secondary N) is 1. The first-order chi connectivity index (χ1) is 9.61. The van der Waals surface area contributed by atoms with Crippen molar-refractivity contribution in [1.82, 2.24) is 10.2 Å². The number of aryl methyl sites for hydroxylation is 2. The Morgan fingerprint density at radius 2 is 2.30 bits per heavy atom. The molecule has 1 unspecified atom stereocenters. The molecule has 0 spiro atoms. The summed E-state index contributed by atoms with van der Waals surface area (Å²) in [6.45, 7) is 8.97. The molecule has 1 fully saturated rings. The van der Waals surface area contributed by atoms with Crippen LogP contribution in [0.15, 0.2) is 10.5 Å². The highest BCUT2D eigenvalue weighted by molar-refractivity contribution is 5.92. The van der Waals surface area contributed by atoms with Gasteiger partial charge < -0.3 is 9.73 Å². The first-order valence-corrected chi connectivity index (χ1v) is 7.73. The number of rotatable bonds is 5. The van der Waals surface area contributed by atoms with Gasteiger partial charge in [0.25, 0.3) is 5.91 Å². The summed E-state index contributed by atoms with van der Waals surface area (Å²) in [5, 5.41) is 2.97. The lowest BCUT2D eigenvalue weighted by Crippen LogP contribution is -2.42. The van der Waals surface area contributed by atoms with Crippen molar-refractivity contribution < 1.29 is 9.21 Å². The number of hydrogen-bond donors (Lipinski definition) is 1. The molecule has 4 nitrogen and oxygen atoms in total. The van der Waals surface area contributed by atoms with E-state index in [-0.39, 0.29) is 5.91 Å². The lowest BCUT2D eigenvalue weighted by atomic mass is 10.0. The zero-order chi connectivity index (χ0) is 14.5. The van der Waals surface area contributed by atoms with Crippen LogP contribution < -0.4 is 5.32 Å². The monoisotopic (exact) mass is 278 g/mol. The van der Waals surface area contributed by atoms with Gasteiger partial charge in [-0.2, -0.15) is 0 Å². The predicted octanol–water partition coefficient (Wildman–Crippen LogP) is 2.75. The van der Waals surface area contributed by atoms with E-state index in [2.05, 4.69) is 17.1 Å². The lowest BCUT2D eigenvalue weighted by Gasteiger charge is -2.33. The van der Waals surface area contributed by atoms with Crippen LogP contribution in [-0.2, 0) is 6.42 Å². The summed E-state index contributed by atoms with van der Waals surface area (Å²) in [5.74, 6) is 1.25. The van der Waals surface area contributed by atoms with Crippen molar-refractivity contribution in [3.63, 3.8) is 0 Å². The van der Waals surface area contributed by atoms with Crippen LogP contribution >= 0.6 is 0 Å². The van der Waals surface area contributed by atoms with Gasteiger partial charge in [0.05, 0.1) is 0 Å². The second-order valence-electron chi connectivity index (χ2n) is 5.72. The van der Waals surface area contributed by atoms with Crippen molar-refractivity contribution in [3.8, 4) is 0 Å². The maximum absolute atomic E-state index is 12.1. The van der Waals surface area contributed by atoms with E-state index in [1.165, 1.54) is 19.3 Å². The van der Waals surface area contributed by atoms with Gasteiger partial charge in [-0.05, 0) is 39.3 Å². The summed E-state index contributed by atoms with van der Waals surface area (Å²) in [5.41, 5.74) is 0.922. The lowest BCUT2D eigenvalue weighted by molar-refractivity contribution is 0.0908. The topological polar surface area (TPSA) is 45.5 Å². The fourth-order valence-electron chi connectivity index (χ4n) is 2.83. The third-order valence-electron chi connectivity index (χ3n) is 4.15. The molecular weight excluding hydrogens is 252 g/mol. The molecule has 1 amide bonds. The Labute approximate surface area is 121 Å². The smallest absolute Gasteiger partial charge is 0.287 e. The highest BCUT2D eigenvalue weighted by Crippen LogP contribution is 2.16. The molecule has 1 aliphatic heterocycles. The normalized spacial score (nSPS) is 20.1. The molecule has 1 aliphatic rings. The SMILES string of the molecule is CCc1cc(C)c(C(=O)NCCN2CCCCC2C)o1. The van der Waals surface area contributed by atoms with E-state index >= 15 is 0 Å². The molecule has 2 heterocycles. The van der Waals surface area contributed by atoms with Crippen LogP contribution in [0.1, 0.15) is 55.0 Å². The van der Waals surface area contributed by atoms with Crippen LogP contribution in [0.5, 0.6) is 0 Å². The zero-order valence-electron chi connectivity index (χ0n) is 12.9. The Kier molecular flexibility index (Phi) is 5.24. The highest BCUT2D eigenvalue weighted by atomic mass is 16.4. The number of nitrogens with zero attached hydrogens (tertiary/aromatic N) is 1.